The number of nitrogens with one attached hydrogen (secondary N) is 4. The molecule has 5 amide bonds. The summed E-state index contributed by atoms with van der Waals surface area (Å²) in [6, 6.07) is 15.7. The van der Waals surface area contributed by atoms with E-state index < -0.39 is 53.7 Å². The SMILES string of the molecule is Cc1nc(N2CCN(c3ccc(C(C)(C)C)cc3)CC2)nc(C)c1C(=O)N[C@@H](CCN)C(=O)N(C)[C@@H]1C(=O)N[C@@H](C)C(=O)N[C@H](C(=O)NCC#N)Cc2ccc(OCCN)c(c2)-c2cc1ccc2OCCN. The second-order valence-corrected chi connectivity index (χ2v) is 19.0. The van der Waals surface area contributed by atoms with Gasteiger partial charge >= 0.3 is 0 Å². The van der Waals surface area contributed by atoms with Gasteiger partial charge in [-0.3, -0.25) is 24.0 Å². The molecule has 4 atom stereocenters. The van der Waals surface area contributed by atoms with Crippen molar-refractivity contribution in [2.24, 2.45) is 17.2 Å². The molecule has 72 heavy (non-hydrogen) atoms. The lowest BCUT2D eigenvalue weighted by atomic mass is 9.87. The minimum atomic E-state index is -1.41. The van der Waals surface area contributed by atoms with Crippen LogP contribution in [0, 0.1) is 25.2 Å². The average Bonchev–Trinajstić information content (AvgIpc) is 3.35. The van der Waals surface area contributed by atoms with E-state index in [1.54, 1.807) is 50.2 Å². The van der Waals surface area contributed by atoms with Gasteiger partial charge in [0.1, 0.15) is 55.4 Å². The number of nitrogens with two attached hydrogens (primary N) is 3. The van der Waals surface area contributed by atoms with Crippen LogP contribution < -0.4 is 57.7 Å². The van der Waals surface area contributed by atoms with Gasteiger partial charge in [-0.05, 0) is 92.2 Å². The molecule has 1 saturated heterocycles. The highest BCUT2D eigenvalue weighted by atomic mass is 16.5. The molecule has 6 rings (SSSR count). The Morgan fingerprint density at radius 1 is 0.847 bits per heavy atom. The Balaban J connectivity index is 1.30. The van der Waals surface area contributed by atoms with Gasteiger partial charge in [-0.15, -0.1) is 0 Å². The summed E-state index contributed by atoms with van der Waals surface area (Å²) in [5.41, 5.74) is 23.2. The largest absolute Gasteiger partial charge is 0.492 e. The summed E-state index contributed by atoms with van der Waals surface area (Å²) in [6.07, 6.45) is 0.00456. The first-order chi connectivity index (χ1) is 34.4. The van der Waals surface area contributed by atoms with E-state index in [1.165, 1.54) is 24.4 Å². The van der Waals surface area contributed by atoms with Crippen LogP contribution in [0.15, 0.2) is 60.7 Å². The first-order valence-electron chi connectivity index (χ1n) is 24.3. The van der Waals surface area contributed by atoms with Crippen LogP contribution in [0.5, 0.6) is 11.5 Å². The van der Waals surface area contributed by atoms with Gasteiger partial charge < -0.3 is 62.6 Å². The zero-order chi connectivity index (χ0) is 52.3. The van der Waals surface area contributed by atoms with E-state index in [0.717, 1.165) is 18.8 Å². The zero-order valence-corrected chi connectivity index (χ0v) is 42.3. The topological polar surface area (TPSA) is 289 Å². The fourth-order valence-electron chi connectivity index (χ4n) is 8.87. The third-order valence-corrected chi connectivity index (χ3v) is 12.8. The summed E-state index contributed by atoms with van der Waals surface area (Å²) in [6.45, 7) is 14.7. The molecule has 10 N–H and O–H groups in total. The highest BCUT2D eigenvalue weighted by Gasteiger charge is 2.37. The number of ether oxygens (including phenoxy) is 2. The van der Waals surface area contributed by atoms with Gasteiger partial charge in [0.05, 0.1) is 23.0 Å². The molecule has 0 unspecified atom stereocenters. The maximum Gasteiger partial charge on any atom is 0.255 e. The molecule has 2 aliphatic heterocycles. The number of nitrogens with zero attached hydrogens (tertiary/aromatic N) is 6. The van der Waals surface area contributed by atoms with Crippen LogP contribution >= 0.6 is 0 Å². The summed E-state index contributed by atoms with van der Waals surface area (Å²) >= 11 is 0. The third kappa shape index (κ3) is 12.9. The Morgan fingerprint density at radius 2 is 1.44 bits per heavy atom. The molecule has 384 valence electrons. The molecule has 4 aromatic rings. The van der Waals surface area contributed by atoms with Crippen molar-refractivity contribution in [3.05, 3.63) is 94.3 Å². The number of hydrogen-bond acceptors (Lipinski definition) is 15. The minimum absolute atomic E-state index is 0.00106. The Kier molecular flexibility index (Phi) is 18.1. The molecule has 0 saturated carbocycles. The molecule has 1 fully saturated rings. The molecular formula is C52H69N13O7. The molecule has 1 aromatic heterocycles. The molecule has 0 aliphatic carbocycles. The van der Waals surface area contributed by atoms with Crippen molar-refractivity contribution in [3.8, 4) is 28.7 Å². The van der Waals surface area contributed by atoms with E-state index >= 15 is 0 Å². The summed E-state index contributed by atoms with van der Waals surface area (Å²) in [4.78, 5) is 86.1. The number of rotatable bonds is 16. The second-order valence-electron chi connectivity index (χ2n) is 19.0. The molecule has 3 heterocycles. The van der Waals surface area contributed by atoms with E-state index in [2.05, 4.69) is 76.1 Å². The predicted molar refractivity (Wildman–Crippen MR) is 274 cm³/mol. The fourth-order valence-corrected chi connectivity index (χ4v) is 8.87. The number of benzene rings is 3. The van der Waals surface area contributed by atoms with Crippen LogP contribution in [-0.4, -0.2) is 135 Å². The van der Waals surface area contributed by atoms with Gasteiger partial charge in [0.25, 0.3) is 5.91 Å². The van der Waals surface area contributed by atoms with Crippen molar-refractivity contribution in [3.63, 3.8) is 0 Å². The lowest BCUT2D eigenvalue weighted by Crippen LogP contribution is -2.56. The second kappa shape index (κ2) is 24.2. The first-order valence-corrected chi connectivity index (χ1v) is 24.3. The van der Waals surface area contributed by atoms with E-state index in [4.69, 9.17) is 36.6 Å². The predicted octanol–water partition coefficient (Wildman–Crippen LogP) is 1.89. The standard InChI is InChI=1S/C52H69N13O7/c1-31-44(32(2)60-51(59-31)65-24-22-64(23-25-65)37-12-10-36(11-13-37)52(4,5)6)48(68)61-40(16-17-53)50(70)63(7)45-35-9-15-43(72-27-20-56)39(30-35)38-28-34(8-14-42(38)71-26-19-55)29-41(47(67)57-21-18-54)62-46(66)33(3)58-49(45)69/h8-15,28,30,33,40-41,45H,16-17,19-27,29,53,55-56H2,1-7H3,(H,57,67)(H,58,69)(H,61,68)(H,62,66)/t33-,40-,41-,45-/m0/s1. The van der Waals surface area contributed by atoms with Crippen LogP contribution in [0.2, 0.25) is 0 Å². The monoisotopic (exact) mass is 988 g/mol. The van der Waals surface area contributed by atoms with Crippen LogP contribution in [0.25, 0.3) is 11.1 Å². The Morgan fingerprint density at radius 3 is 2.03 bits per heavy atom. The molecule has 0 spiro atoms. The van der Waals surface area contributed by atoms with Gasteiger partial charge in [-0.2, -0.15) is 5.26 Å². The molecular weight excluding hydrogens is 919 g/mol. The normalized spacial score (nSPS) is 17.6. The van der Waals surface area contributed by atoms with Gasteiger partial charge in [0, 0.05) is 69.6 Å². The van der Waals surface area contributed by atoms with Crippen molar-refractivity contribution in [1.29, 1.82) is 5.26 Å². The van der Waals surface area contributed by atoms with Crippen LogP contribution in [0.1, 0.15) is 78.6 Å². The smallest absolute Gasteiger partial charge is 0.255 e. The van der Waals surface area contributed by atoms with Gasteiger partial charge in [-0.1, -0.05) is 45.0 Å². The number of aromatic nitrogens is 2. The van der Waals surface area contributed by atoms with Crippen molar-refractivity contribution < 1.29 is 33.4 Å². The van der Waals surface area contributed by atoms with E-state index in [9.17, 15) is 29.2 Å². The summed E-state index contributed by atoms with van der Waals surface area (Å²) < 4.78 is 12.2. The molecule has 3 aromatic carbocycles. The maximum absolute atomic E-state index is 14.8. The number of amides is 5. The van der Waals surface area contributed by atoms with Crippen molar-refractivity contribution >= 4 is 41.2 Å². The van der Waals surface area contributed by atoms with Gasteiger partial charge in [0.15, 0.2) is 0 Å². The number of carbonyl (C=O) groups excluding carboxylic acids is 5. The zero-order valence-electron chi connectivity index (χ0n) is 42.3. The van der Waals surface area contributed by atoms with Gasteiger partial charge in [0.2, 0.25) is 29.6 Å². The van der Waals surface area contributed by atoms with Crippen molar-refractivity contribution in [2.75, 3.05) is 82.4 Å². The van der Waals surface area contributed by atoms with Crippen LogP contribution in [-0.2, 0) is 31.0 Å². The van der Waals surface area contributed by atoms with Crippen LogP contribution in [0.4, 0.5) is 11.6 Å². The summed E-state index contributed by atoms with van der Waals surface area (Å²) in [7, 11) is 1.43. The Bertz CT molecular complexity index is 2620. The number of piperazine rings is 1. The molecule has 4 bridgehead atoms. The minimum Gasteiger partial charge on any atom is -0.492 e. The number of carbonyl (C=O) groups is 5. The van der Waals surface area contributed by atoms with E-state index in [0.29, 0.717) is 64.2 Å². The Labute approximate surface area is 421 Å². The van der Waals surface area contributed by atoms with E-state index in [-0.39, 0.29) is 63.2 Å². The number of fused-ring (bicyclic) bond motifs is 5. The lowest BCUT2D eigenvalue weighted by molar-refractivity contribution is -0.141. The highest BCUT2D eigenvalue weighted by molar-refractivity contribution is 6.00. The number of likely N-dealkylation sites (N-methyl/N-ethyl adjacent to an activating group) is 1. The number of nitriles is 1. The summed E-state index contributed by atoms with van der Waals surface area (Å²) in [5.74, 6) is -2.04. The van der Waals surface area contributed by atoms with Crippen molar-refractivity contribution in [2.45, 2.75) is 84.0 Å². The van der Waals surface area contributed by atoms with E-state index in [1.807, 2.05) is 6.07 Å². The van der Waals surface area contributed by atoms with Crippen LogP contribution in [0.3, 0.4) is 0 Å². The molecule has 20 heteroatoms. The first kappa shape index (κ1) is 54.0. The van der Waals surface area contributed by atoms with Gasteiger partial charge in [-0.25, -0.2) is 9.97 Å². The highest BCUT2D eigenvalue weighted by Crippen LogP contribution is 2.40. The van der Waals surface area contributed by atoms with Crippen molar-refractivity contribution in [1.82, 2.24) is 36.1 Å². The molecule has 2 aliphatic rings. The summed E-state index contributed by atoms with van der Waals surface area (Å²) in [5, 5.41) is 20.0. The quantitative estimate of drug-likeness (QED) is 0.0790. The molecule has 0 radical (unpaired) electrons. The number of aryl methyl sites for hydroxylation is 2. The lowest BCUT2D eigenvalue weighted by Gasteiger charge is -2.36. The number of anilines is 2. The average molecular weight is 988 g/mol. The fraction of sp³-hybridized carbons (Fsp3) is 0.462. The maximum atomic E-state index is 14.8. The Hall–Kier alpha value is -7.34. The third-order valence-electron chi connectivity index (χ3n) is 12.8. The number of hydrogen-bond donors (Lipinski definition) is 7. The molecule has 20 nitrogen and oxygen atoms in total.